The van der Waals surface area contributed by atoms with Crippen LogP contribution in [0.1, 0.15) is 30.9 Å². The first-order valence-electron chi connectivity index (χ1n) is 6.70. The Labute approximate surface area is 113 Å². The van der Waals surface area contributed by atoms with Gasteiger partial charge in [0.2, 0.25) is 0 Å². The number of hydrogen-bond donors (Lipinski definition) is 0. The molecule has 0 unspecified atom stereocenters. The van der Waals surface area contributed by atoms with Gasteiger partial charge in [0.1, 0.15) is 5.65 Å². The number of aromatic nitrogens is 2. The maximum atomic E-state index is 4.73. The van der Waals surface area contributed by atoms with Crippen LogP contribution < -0.4 is 0 Å². The summed E-state index contributed by atoms with van der Waals surface area (Å²) in [5, 5.41) is 0. The molecular weight excluding hydrogens is 232 g/mol. The smallest absolute Gasteiger partial charge is 0.137 e. The molecule has 0 aliphatic carbocycles. The molecule has 0 aliphatic rings. The average molecular weight is 250 g/mol. The molecular formula is C17H18N2. The van der Waals surface area contributed by atoms with E-state index in [-0.39, 0.29) is 0 Å². The maximum Gasteiger partial charge on any atom is 0.137 e. The zero-order chi connectivity index (χ0) is 13.4. The van der Waals surface area contributed by atoms with Gasteiger partial charge in [-0.25, -0.2) is 4.98 Å². The van der Waals surface area contributed by atoms with E-state index in [1.54, 1.807) is 0 Å². The van der Waals surface area contributed by atoms with Crippen LogP contribution in [0.3, 0.4) is 0 Å². The molecule has 0 radical (unpaired) electrons. The molecule has 2 nitrogen and oxygen atoms in total. The molecule has 1 aromatic carbocycles. The van der Waals surface area contributed by atoms with Crippen molar-refractivity contribution < 1.29 is 0 Å². The summed E-state index contributed by atoms with van der Waals surface area (Å²) in [6, 6.07) is 12.5. The van der Waals surface area contributed by atoms with Gasteiger partial charge in [-0.1, -0.05) is 44.2 Å². The number of fused-ring (bicyclic) bond motifs is 1. The van der Waals surface area contributed by atoms with Gasteiger partial charge >= 0.3 is 0 Å². The monoisotopic (exact) mass is 250 g/mol. The van der Waals surface area contributed by atoms with E-state index in [9.17, 15) is 0 Å². The van der Waals surface area contributed by atoms with Crippen molar-refractivity contribution in [3.8, 4) is 11.3 Å². The van der Waals surface area contributed by atoms with E-state index >= 15 is 0 Å². The fraction of sp³-hybridized carbons (Fsp3) is 0.235. The summed E-state index contributed by atoms with van der Waals surface area (Å²) in [4.78, 5) is 4.73. The van der Waals surface area contributed by atoms with Crippen molar-refractivity contribution in [2.24, 2.45) is 0 Å². The molecule has 19 heavy (non-hydrogen) atoms. The maximum absolute atomic E-state index is 4.73. The summed E-state index contributed by atoms with van der Waals surface area (Å²) in [6.45, 7) is 6.61. The Hall–Kier alpha value is -2.09. The van der Waals surface area contributed by atoms with E-state index in [2.05, 4.69) is 55.8 Å². The van der Waals surface area contributed by atoms with Crippen molar-refractivity contribution in [2.45, 2.75) is 26.7 Å². The zero-order valence-corrected chi connectivity index (χ0v) is 11.6. The van der Waals surface area contributed by atoms with Crippen molar-refractivity contribution in [1.82, 2.24) is 9.38 Å². The van der Waals surface area contributed by atoms with E-state index in [1.165, 1.54) is 11.1 Å². The van der Waals surface area contributed by atoms with E-state index < -0.39 is 0 Å². The first-order chi connectivity index (χ1) is 9.15. The van der Waals surface area contributed by atoms with Gasteiger partial charge in [0.25, 0.3) is 0 Å². The van der Waals surface area contributed by atoms with Crippen LogP contribution in [0, 0.1) is 6.92 Å². The SMILES string of the molecule is Cc1cn2cc(-c3ccccc3)nc2cc1C(C)C. The lowest BCUT2D eigenvalue weighted by atomic mass is 10.0. The largest absolute Gasteiger partial charge is 0.306 e. The van der Waals surface area contributed by atoms with Gasteiger partial charge in [-0.05, 0) is 30.0 Å². The molecule has 2 aromatic heterocycles. The highest BCUT2D eigenvalue weighted by Gasteiger charge is 2.09. The summed E-state index contributed by atoms with van der Waals surface area (Å²) >= 11 is 0. The van der Waals surface area contributed by atoms with Crippen LogP contribution in [0.15, 0.2) is 48.8 Å². The Kier molecular flexibility index (Phi) is 2.86. The molecule has 0 saturated heterocycles. The van der Waals surface area contributed by atoms with Crippen LogP contribution in [0.4, 0.5) is 0 Å². The number of imidazole rings is 1. The third-order valence-electron chi connectivity index (χ3n) is 3.53. The molecule has 96 valence electrons. The Bertz CT molecular complexity index is 709. The Morgan fingerprint density at radius 1 is 1.05 bits per heavy atom. The molecule has 0 atom stereocenters. The second-order valence-electron chi connectivity index (χ2n) is 5.32. The standard InChI is InChI=1S/C17H18N2/c1-12(2)15-9-17-18-16(11-19(17)10-13(15)3)14-7-5-4-6-8-14/h4-12H,1-3H3. The highest BCUT2D eigenvalue weighted by atomic mass is 15.0. The lowest BCUT2D eigenvalue weighted by Crippen LogP contribution is -1.95. The van der Waals surface area contributed by atoms with Crippen molar-refractivity contribution in [3.05, 3.63) is 59.9 Å². The van der Waals surface area contributed by atoms with Gasteiger partial charge in [-0.2, -0.15) is 0 Å². The number of pyridine rings is 1. The molecule has 3 aromatic rings. The topological polar surface area (TPSA) is 17.3 Å². The minimum Gasteiger partial charge on any atom is -0.306 e. The average Bonchev–Trinajstić information content (AvgIpc) is 2.81. The molecule has 0 saturated carbocycles. The van der Waals surface area contributed by atoms with Crippen molar-refractivity contribution in [1.29, 1.82) is 0 Å². The highest BCUT2D eigenvalue weighted by Crippen LogP contribution is 2.24. The number of hydrogen-bond acceptors (Lipinski definition) is 1. The summed E-state index contributed by atoms with van der Waals surface area (Å²) < 4.78 is 2.11. The molecule has 2 heterocycles. The van der Waals surface area contributed by atoms with Crippen LogP contribution in [-0.4, -0.2) is 9.38 Å². The Balaban J connectivity index is 2.16. The van der Waals surface area contributed by atoms with Gasteiger partial charge in [0.05, 0.1) is 5.69 Å². The number of rotatable bonds is 2. The lowest BCUT2D eigenvalue weighted by Gasteiger charge is -2.09. The Morgan fingerprint density at radius 2 is 1.79 bits per heavy atom. The predicted octanol–water partition coefficient (Wildman–Crippen LogP) is 4.43. The van der Waals surface area contributed by atoms with Gasteiger partial charge < -0.3 is 4.40 Å². The van der Waals surface area contributed by atoms with Crippen molar-refractivity contribution >= 4 is 5.65 Å². The molecule has 3 rings (SSSR count). The minimum atomic E-state index is 0.530. The third-order valence-corrected chi connectivity index (χ3v) is 3.53. The van der Waals surface area contributed by atoms with Gasteiger partial charge in [-0.3, -0.25) is 0 Å². The fourth-order valence-electron chi connectivity index (χ4n) is 2.52. The molecule has 2 heteroatoms. The Morgan fingerprint density at radius 3 is 2.47 bits per heavy atom. The zero-order valence-electron chi connectivity index (χ0n) is 11.6. The first-order valence-corrected chi connectivity index (χ1v) is 6.70. The molecule has 0 bridgehead atoms. The van der Waals surface area contributed by atoms with Gasteiger partial charge in [0, 0.05) is 18.0 Å². The van der Waals surface area contributed by atoms with E-state index in [1.807, 2.05) is 18.2 Å². The van der Waals surface area contributed by atoms with Crippen LogP contribution in [-0.2, 0) is 0 Å². The molecule has 0 amide bonds. The quantitative estimate of drug-likeness (QED) is 0.657. The number of benzene rings is 1. The van der Waals surface area contributed by atoms with Crippen molar-refractivity contribution in [2.75, 3.05) is 0 Å². The third kappa shape index (κ3) is 2.14. The van der Waals surface area contributed by atoms with E-state index in [0.29, 0.717) is 5.92 Å². The van der Waals surface area contributed by atoms with Crippen LogP contribution >= 0.6 is 0 Å². The van der Waals surface area contributed by atoms with E-state index in [4.69, 9.17) is 4.98 Å². The fourth-order valence-corrected chi connectivity index (χ4v) is 2.52. The van der Waals surface area contributed by atoms with Crippen LogP contribution in [0.25, 0.3) is 16.9 Å². The molecule has 0 spiro atoms. The second-order valence-corrected chi connectivity index (χ2v) is 5.32. The molecule has 0 aliphatic heterocycles. The first kappa shape index (κ1) is 12.0. The van der Waals surface area contributed by atoms with Crippen LogP contribution in [0.2, 0.25) is 0 Å². The molecule has 0 N–H and O–H groups in total. The summed E-state index contributed by atoms with van der Waals surface area (Å²) in [5.74, 6) is 0.530. The van der Waals surface area contributed by atoms with Gasteiger partial charge in [-0.15, -0.1) is 0 Å². The van der Waals surface area contributed by atoms with Crippen LogP contribution in [0.5, 0.6) is 0 Å². The lowest BCUT2D eigenvalue weighted by molar-refractivity contribution is 0.851. The predicted molar refractivity (Wildman–Crippen MR) is 79.5 cm³/mol. The minimum absolute atomic E-state index is 0.530. The van der Waals surface area contributed by atoms with Crippen molar-refractivity contribution in [3.63, 3.8) is 0 Å². The summed E-state index contributed by atoms with van der Waals surface area (Å²) in [5.41, 5.74) is 5.90. The summed E-state index contributed by atoms with van der Waals surface area (Å²) in [6.07, 6.45) is 4.27. The highest BCUT2D eigenvalue weighted by molar-refractivity contribution is 5.63. The second kappa shape index (κ2) is 4.54. The normalized spacial score (nSPS) is 11.4. The number of aryl methyl sites for hydroxylation is 1. The number of nitrogens with zero attached hydrogens (tertiary/aromatic N) is 2. The van der Waals surface area contributed by atoms with E-state index in [0.717, 1.165) is 16.9 Å². The van der Waals surface area contributed by atoms with Gasteiger partial charge in [0.15, 0.2) is 0 Å². The molecule has 0 fully saturated rings. The summed E-state index contributed by atoms with van der Waals surface area (Å²) in [7, 11) is 0.